The fourth-order valence-corrected chi connectivity index (χ4v) is 4.47. The Hall–Kier alpha value is -2.39. The molecule has 3 amide bonds. The molecule has 0 heterocycles. The third-order valence-corrected chi connectivity index (χ3v) is 6.64. The summed E-state index contributed by atoms with van der Waals surface area (Å²) in [5.41, 5.74) is 5.28. The lowest BCUT2D eigenvalue weighted by Crippen LogP contribution is -2.47. The second kappa shape index (κ2) is 18.8. The van der Waals surface area contributed by atoms with E-state index in [4.69, 9.17) is 29.4 Å². The van der Waals surface area contributed by atoms with E-state index < -0.39 is 18.0 Å². The van der Waals surface area contributed by atoms with Gasteiger partial charge in [0.15, 0.2) is 0 Å². The summed E-state index contributed by atoms with van der Waals surface area (Å²) in [6.45, 7) is 7.55. The van der Waals surface area contributed by atoms with Crippen LogP contribution in [0.3, 0.4) is 0 Å². The summed E-state index contributed by atoms with van der Waals surface area (Å²) in [5, 5.41) is 5.32. The number of nitrogens with one attached hydrogen (secondary N) is 2. The Labute approximate surface area is 226 Å². The number of hydrogen-bond acceptors (Lipinski definition) is 8. The van der Waals surface area contributed by atoms with E-state index in [9.17, 15) is 14.4 Å². The fourth-order valence-electron chi connectivity index (χ4n) is 4.47. The largest absolute Gasteiger partial charge is 0.449 e. The fraction of sp³-hybridized carbons (Fsp3) is 0.815. The molecule has 0 aliphatic heterocycles. The number of fused-ring (bicyclic) bond motifs is 1. The Morgan fingerprint density at radius 3 is 1.89 bits per heavy atom. The predicted octanol–water partition coefficient (Wildman–Crippen LogP) is 1.23. The van der Waals surface area contributed by atoms with E-state index >= 15 is 0 Å². The van der Waals surface area contributed by atoms with Crippen molar-refractivity contribution < 1.29 is 38.1 Å². The summed E-state index contributed by atoms with van der Waals surface area (Å²) in [6, 6.07) is -0.677. The zero-order valence-electron chi connectivity index (χ0n) is 22.8. The van der Waals surface area contributed by atoms with Crippen LogP contribution in [0.15, 0.2) is 0 Å². The molecule has 216 valence electrons. The Balaban J connectivity index is 1.29. The molecule has 0 aromatic rings. The zero-order chi connectivity index (χ0) is 27.6. The molecular formula is C27H45N3O8. The molecule has 0 bridgehead atoms. The van der Waals surface area contributed by atoms with Gasteiger partial charge in [-0.15, -0.1) is 11.8 Å². The second-order valence-corrected chi connectivity index (χ2v) is 9.84. The molecule has 0 saturated heterocycles. The molecule has 0 aromatic carbocycles. The Kier molecular flexibility index (Phi) is 15.7. The lowest BCUT2D eigenvalue weighted by molar-refractivity contribution is -0.129. The van der Waals surface area contributed by atoms with Crippen LogP contribution in [-0.4, -0.2) is 90.0 Å². The minimum atomic E-state index is -0.677. The van der Waals surface area contributed by atoms with Crippen LogP contribution in [0.4, 0.5) is 4.79 Å². The number of hydrogen-bond donors (Lipinski definition) is 3. The minimum absolute atomic E-state index is 0.0697. The molecule has 0 spiro atoms. The first-order chi connectivity index (χ1) is 18.4. The number of ether oxygens (including phenoxy) is 5. The van der Waals surface area contributed by atoms with E-state index in [2.05, 4.69) is 22.5 Å². The van der Waals surface area contributed by atoms with Crippen LogP contribution >= 0.6 is 0 Å². The van der Waals surface area contributed by atoms with E-state index in [0.29, 0.717) is 77.2 Å². The number of amides is 3. The van der Waals surface area contributed by atoms with Gasteiger partial charge in [-0.3, -0.25) is 9.59 Å². The SMILES string of the molecule is CC(C)[C@H](NC(=O)CCOCCOCCOCCOCCNC(=O)OCC1[C@H]2CCC#CCC[C@@H]12)C(N)=O. The summed E-state index contributed by atoms with van der Waals surface area (Å²) < 4.78 is 27.0. The van der Waals surface area contributed by atoms with Crippen LogP contribution < -0.4 is 16.4 Å². The molecule has 1 saturated carbocycles. The topological polar surface area (TPSA) is 147 Å². The maximum Gasteiger partial charge on any atom is 0.407 e. The van der Waals surface area contributed by atoms with Gasteiger partial charge in [0, 0.05) is 25.8 Å². The highest BCUT2D eigenvalue weighted by molar-refractivity contribution is 5.86. The first kappa shape index (κ1) is 31.8. The van der Waals surface area contributed by atoms with E-state index in [-0.39, 0.29) is 24.9 Å². The normalized spacial score (nSPS) is 20.8. The maximum atomic E-state index is 11.9. The van der Waals surface area contributed by atoms with Crippen molar-refractivity contribution in [3.63, 3.8) is 0 Å². The van der Waals surface area contributed by atoms with Gasteiger partial charge in [0.2, 0.25) is 11.8 Å². The molecule has 38 heavy (non-hydrogen) atoms. The van der Waals surface area contributed by atoms with Gasteiger partial charge in [-0.05, 0) is 36.5 Å². The van der Waals surface area contributed by atoms with Crippen molar-refractivity contribution >= 4 is 17.9 Å². The number of carbonyl (C=O) groups excluding carboxylic acids is 3. The Morgan fingerprint density at radius 2 is 1.37 bits per heavy atom. The van der Waals surface area contributed by atoms with Crippen molar-refractivity contribution in [2.75, 3.05) is 66.0 Å². The van der Waals surface area contributed by atoms with Gasteiger partial charge in [0.25, 0.3) is 0 Å². The molecule has 11 nitrogen and oxygen atoms in total. The summed E-state index contributed by atoms with van der Waals surface area (Å²) >= 11 is 0. The van der Waals surface area contributed by atoms with E-state index in [1.165, 1.54) is 0 Å². The van der Waals surface area contributed by atoms with Crippen molar-refractivity contribution in [1.29, 1.82) is 0 Å². The van der Waals surface area contributed by atoms with E-state index in [1.54, 1.807) is 0 Å². The Bertz CT molecular complexity index is 764. The van der Waals surface area contributed by atoms with Crippen molar-refractivity contribution in [3.8, 4) is 11.8 Å². The van der Waals surface area contributed by atoms with Crippen LogP contribution in [-0.2, 0) is 33.3 Å². The number of rotatable bonds is 20. The number of carbonyl (C=O) groups is 3. The monoisotopic (exact) mass is 539 g/mol. The van der Waals surface area contributed by atoms with Gasteiger partial charge in [0.05, 0.1) is 59.5 Å². The van der Waals surface area contributed by atoms with Crippen molar-refractivity contribution in [3.05, 3.63) is 0 Å². The summed E-state index contributed by atoms with van der Waals surface area (Å²) in [7, 11) is 0. The molecule has 2 aliphatic rings. The maximum absolute atomic E-state index is 11.9. The molecule has 2 aliphatic carbocycles. The van der Waals surface area contributed by atoms with Crippen molar-refractivity contribution in [2.24, 2.45) is 29.4 Å². The van der Waals surface area contributed by atoms with Crippen LogP contribution in [0, 0.1) is 35.5 Å². The number of primary amides is 1. The molecule has 1 fully saturated rings. The van der Waals surface area contributed by atoms with Crippen molar-refractivity contribution in [2.45, 2.75) is 52.0 Å². The van der Waals surface area contributed by atoms with Gasteiger partial charge in [-0.2, -0.15) is 0 Å². The van der Waals surface area contributed by atoms with Crippen LogP contribution in [0.2, 0.25) is 0 Å². The molecule has 1 unspecified atom stereocenters. The minimum Gasteiger partial charge on any atom is -0.449 e. The van der Waals surface area contributed by atoms with Crippen LogP contribution in [0.25, 0.3) is 0 Å². The first-order valence-corrected chi connectivity index (χ1v) is 13.7. The van der Waals surface area contributed by atoms with Gasteiger partial charge < -0.3 is 40.1 Å². The standard InChI is InChI=1S/C27H45N3O8/c1-20(2)25(26(28)32)30-24(31)9-11-34-13-15-36-17-18-37-16-14-35-12-10-29-27(33)38-19-23-21-7-5-3-4-6-8-22(21)23/h20-23,25H,5-19H2,1-2H3,(H2,28,32)(H,29,33)(H,30,31)/t21-,22+,23?,25-/m0/s1. The average molecular weight is 540 g/mol. The third kappa shape index (κ3) is 13.4. The Morgan fingerprint density at radius 1 is 0.842 bits per heavy atom. The summed E-state index contributed by atoms with van der Waals surface area (Å²) in [6.07, 6.45) is 3.90. The average Bonchev–Trinajstić information content (AvgIpc) is 3.51. The second-order valence-electron chi connectivity index (χ2n) is 9.84. The number of nitrogens with two attached hydrogens (primary N) is 1. The van der Waals surface area contributed by atoms with Crippen molar-refractivity contribution in [1.82, 2.24) is 10.6 Å². The first-order valence-electron chi connectivity index (χ1n) is 13.7. The molecule has 11 heteroatoms. The van der Waals surface area contributed by atoms with Crippen LogP contribution in [0.1, 0.15) is 46.0 Å². The predicted molar refractivity (Wildman–Crippen MR) is 140 cm³/mol. The molecule has 4 atom stereocenters. The van der Waals surface area contributed by atoms with E-state index in [0.717, 1.165) is 25.7 Å². The molecule has 2 rings (SSSR count). The highest BCUT2D eigenvalue weighted by atomic mass is 16.6. The van der Waals surface area contributed by atoms with Gasteiger partial charge >= 0.3 is 6.09 Å². The molecule has 0 aromatic heterocycles. The quantitative estimate of drug-likeness (QED) is 0.155. The smallest absolute Gasteiger partial charge is 0.407 e. The van der Waals surface area contributed by atoms with Gasteiger partial charge in [-0.25, -0.2) is 4.79 Å². The van der Waals surface area contributed by atoms with Gasteiger partial charge in [-0.1, -0.05) is 13.8 Å². The molecular weight excluding hydrogens is 494 g/mol. The molecule has 0 radical (unpaired) electrons. The van der Waals surface area contributed by atoms with Crippen LogP contribution in [0.5, 0.6) is 0 Å². The summed E-state index contributed by atoms with van der Waals surface area (Å²) in [4.78, 5) is 35.0. The molecule has 4 N–H and O–H groups in total. The number of alkyl carbamates (subject to hydrolysis) is 1. The highest BCUT2D eigenvalue weighted by Crippen LogP contribution is 2.52. The highest BCUT2D eigenvalue weighted by Gasteiger charge is 2.49. The van der Waals surface area contributed by atoms with Gasteiger partial charge in [0.1, 0.15) is 6.04 Å². The lowest BCUT2D eigenvalue weighted by Gasteiger charge is -2.18. The lowest BCUT2D eigenvalue weighted by atomic mass is 10.0. The summed E-state index contributed by atoms with van der Waals surface area (Å²) in [5.74, 6) is 7.30. The third-order valence-electron chi connectivity index (χ3n) is 6.64. The zero-order valence-corrected chi connectivity index (χ0v) is 22.8. The van der Waals surface area contributed by atoms with E-state index in [1.807, 2.05) is 13.8 Å².